The highest BCUT2D eigenvalue weighted by Gasteiger charge is 2.23. The summed E-state index contributed by atoms with van der Waals surface area (Å²) in [7, 11) is 2.38. The van der Waals surface area contributed by atoms with Crippen molar-refractivity contribution in [2.24, 2.45) is 0 Å². The third kappa shape index (κ3) is 4.43. The molecule has 3 rings (SSSR count). The molecule has 0 N–H and O–H groups in total. The quantitative estimate of drug-likeness (QED) is 0.573. The number of hydrogen-bond acceptors (Lipinski definition) is 4. The molecule has 0 aromatic heterocycles. The average Bonchev–Trinajstić information content (AvgIpc) is 2.72. The van der Waals surface area contributed by atoms with Gasteiger partial charge in [-0.1, -0.05) is 29.8 Å². The molecule has 3 aromatic rings. The van der Waals surface area contributed by atoms with E-state index in [1.165, 1.54) is 32.3 Å². The molecule has 30 heavy (non-hydrogen) atoms. The van der Waals surface area contributed by atoms with Crippen molar-refractivity contribution in [3.8, 4) is 5.75 Å². The van der Waals surface area contributed by atoms with Gasteiger partial charge in [0.25, 0.3) is 5.91 Å². The lowest BCUT2D eigenvalue weighted by Crippen LogP contribution is -2.27. The van der Waals surface area contributed by atoms with Gasteiger partial charge in [-0.3, -0.25) is 4.79 Å². The largest absolute Gasteiger partial charge is 0.497 e. The number of methoxy groups -OCH3 is 1. The van der Waals surface area contributed by atoms with Crippen LogP contribution in [-0.4, -0.2) is 51.8 Å². The van der Waals surface area contributed by atoms with Crippen LogP contribution in [0.3, 0.4) is 0 Å². The number of sulfonamides is 1. The maximum Gasteiger partial charge on any atom is 0.253 e. The van der Waals surface area contributed by atoms with E-state index in [0.717, 1.165) is 26.4 Å². The summed E-state index contributed by atoms with van der Waals surface area (Å²) in [5, 5.41) is 2.16. The molecule has 0 saturated heterocycles. The molecule has 158 valence electrons. The second-order valence-electron chi connectivity index (χ2n) is 7.14. The van der Waals surface area contributed by atoms with Gasteiger partial charge in [0.15, 0.2) is 0 Å². The summed E-state index contributed by atoms with van der Waals surface area (Å²) in [4.78, 5) is 14.4. The first-order chi connectivity index (χ1) is 14.1. The molecule has 6 nitrogen and oxygen atoms in total. The summed E-state index contributed by atoms with van der Waals surface area (Å²) in [6, 6.07) is 16.0. The summed E-state index contributed by atoms with van der Waals surface area (Å²) in [6.07, 6.45) is 0. The minimum absolute atomic E-state index is 0.0767. The van der Waals surface area contributed by atoms with Gasteiger partial charge in [0.05, 0.1) is 12.1 Å². The molecule has 0 heterocycles. The van der Waals surface area contributed by atoms with Gasteiger partial charge in [0.1, 0.15) is 10.6 Å². The normalized spacial score (nSPS) is 11.7. The number of carbonyl (C=O) groups excluding carboxylic acids is 1. The molecule has 0 aliphatic rings. The minimum atomic E-state index is -3.76. The Labute approximate surface area is 181 Å². The van der Waals surface area contributed by atoms with Crippen LogP contribution in [0.2, 0.25) is 5.02 Å². The van der Waals surface area contributed by atoms with Gasteiger partial charge in [-0.2, -0.15) is 0 Å². The summed E-state index contributed by atoms with van der Waals surface area (Å²) >= 11 is 6.08. The molecule has 3 aromatic carbocycles. The topological polar surface area (TPSA) is 66.9 Å². The molecule has 0 atom stereocenters. The lowest BCUT2D eigenvalue weighted by molar-refractivity contribution is 0.0785. The first kappa shape index (κ1) is 22.1. The first-order valence-corrected chi connectivity index (χ1v) is 11.0. The summed E-state index contributed by atoms with van der Waals surface area (Å²) in [5.74, 6) is 0.491. The Balaban J connectivity index is 1.85. The Hall–Kier alpha value is -2.61. The Morgan fingerprint density at radius 1 is 0.967 bits per heavy atom. The van der Waals surface area contributed by atoms with Crippen molar-refractivity contribution in [3.05, 3.63) is 70.7 Å². The smallest absolute Gasteiger partial charge is 0.253 e. The second kappa shape index (κ2) is 8.63. The Kier molecular flexibility index (Phi) is 6.36. The van der Waals surface area contributed by atoms with Crippen LogP contribution in [0.25, 0.3) is 10.8 Å². The van der Waals surface area contributed by atoms with Crippen molar-refractivity contribution >= 4 is 38.3 Å². The van der Waals surface area contributed by atoms with Crippen LogP contribution in [-0.2, 0) is 16.6 Å². The molecule has 1 amide bonds. The highest BCUT2D eigenvalue weighted by molar-refractivity contribution is 7.89. The van der Waals surface area contributed by atoms with Gasteiger partial charge >= 0.3 is 0 Å². The van der Waals surface area contributed by atoms with E-state index in [-0.39, 0.29) is 21.4 Å². The Morgan fingerprint density at radius 3 is 2.30 bits per heavy atom. The molecular weight excluding hydrogens is 424 g/mol. The van der Waals surface area contributed by atoms with E-state index >= 15 is 0 Å². The molecule has 0 saturated carbocycles. The SMILES string of the molecule is COc1ccc2cc(CN(C)C(=O)c3ccc(Cl)c(S(=O)(=O)N(C)C)c3)ccc2c1. The first-order valence-electron chi connectivity index (χ1n) is 9.17. The van der Waals surface area contributed by atoms with Crippen molar-refractivity contribution in [1.82, 2.24) is 9.21 Å². The van der Waals surface area contributed by atoms with Crippen molar-refractivity contribution < 1.29 is 17.9 Å². The number of amides is 1. The fourth-order valence-corrected chi connectivity index (χ4v) is 4.49. The van der Waals surface area contributed by atoms with Crippen molar-refractivity contribution in [2.45, 2.75) is 11.4 Å². The van der Waals surface area contributed by atoms with Gasteiger partial charge in [0.2, 0.25) is 10.0 Å². The van der Waals surface area contributed by atoms with Crippen LogP contribution in [0, 0.1) is 0 Å². The zero-order valence-corrected chi connectivity index (χ0v) is 18.8. The zero-order valence-electron chi connectivity index (χ0n) is 17.2. The van der Waals surface area contributed by atoms with E-state index in [1.54, 1.807) is 19.1 Å². The van der Waals surface area contributed by atoms with E-state index in [4.69, 9.17) is 16.3 Å². The van der Waals surface area contributed by atoms with Crippen LogP contribution in [0.1, 0.15) is 15.9 Å². The van der Waals surface area contributed by atoms with E-state index in [9.17, 15) is 13.2 Å². The van der Waals surface area contributed by atoms with E-state index in [2.05, 4.69) is 0 Å². The van der Waals surface area contributed by atoms with Crippen molar-refractivity contribution in [3.63, 3.8) is 0 Å². The zero-order chi connectivity index (χ0) is 22.1. The highest BCUT2D eigenvalue weighted by atomic mass is 35.5. The Morgan fingerprint density at radius 2 is 1.63 bits per heavy atom. The molecule has 0 aliphatic carbocycles. The maximum atomic E-state index is 12.9. The maximum absolute atomic E-state index is 12.9. The molecule has 0 bridgehead atoms. The van der Waals surface area contributed by atoms with Gasteiger partial charge in [-0.25, -0.2) is 12.7 Å². The molecule has 0 radical (unpaired) electrons. The molecule has 0 fully saturated rings. The number of hydrogen-bond donors (Lipinski definition) is 0. The van der Waals surface area contributed by atoms with Crippen LogP contribution in [0.15, 0.2) is 59.5 Å². The van der Waals surface area contributed by atoms with Crippen LogP contribution in [0.4, 0.5) is 0 Å². The summed E-state index contributed by atoms with van der Waals surface area (Å²) in [6.45, 7) is 0.374. The van der Waals surface area contributed by atoms with Gasteiger partial charge in [-0.05, 0) is 52.7 Å². The summed E-state index contributed by atoms with van der Waals surface area (Å²) in [5.41, 5.74) is 1.21. The average molecular weight is 447 g/mol. The van der Waals surface area contributed by atoms with Crippen LogP contribution in [0.5, 0.6) is 5.75 Å². The van der Waals surface area contributed by atoms with E-state index < -0.39 is 10.0 Å². The van der Waals surface area contributed by atoms with Gasteiger partial charge < -0.3 is 9.64 Å². The summed E-state index contributed by atoms with van der Waals surface area (Å²) < 4.78 is 31.2. The van der Waals surface area contributed by atoms with E-state index in [1.807, 2.05) is 36.4 Å². The van der Waals surface area contributed by atoms with Crippen molar-refractivity contribution in [1.29, 1.82) is 0 Å². The molecule has 0 spiro atoms. The number of carbonyl (C=O) groups is 1. The highest BCUT2D eigenvalue weighted by Crippen LogP contribution is 2.26. The number of nitrogens with zero attached hydrogens (tertiary/aromatic N) is 2. The number of rotatable bonds is 6. The predicted molar refractivity (Wildman–Crippen MR) is 119 cm³/mol. The van der Waals surface area contributed by atoms with Gasteiger partial charge in [0, 0.05) is 33.3 Å². The van der Waals surface area contributed by atoms with E-state index in [0.29, 0.717) is 6.54 Å². The van der Waals surface area contributed by atoms with Gasteiger partial charge in [-0.15, -0.1) is 0 Å². The van der Waals surface area contributed by atoms with Crippen molar-refractivity contribution in [2.75, 3.05) is 28.3 Å². The third-order valence-electron chi connectivity index (χ3n) is 4.82. The van der Waals surface area contributed by atoms with Crippen LogP contribution >= 0.6 is 11.6 Å². The molecule has 8 heteroatoms. The lowest BCUT2D eigenvalue weighted by Gasteiger charge is -2.19. The fraction of sp³-hybridized carbons (Fsp3) is 0.227. The monoisotopic (exact) mass is 446 g/mol. The number of fused-ring (bicyclic) bond motifs is 1. The molecule has 0 unspecified atom stereocenters. The lowest BCUT2D eigenvalue weighted by atomic mass is 10.1. The number of benzene rings is 3. The number of ether oxygens (including phenoxy) is 1. The minimum Gasteiger partial charge on any atom is -0.497 e. The number of halogens is 1. The third-order valence-corrected chi connectivity index (χ3v) is 7.11. The van der Waals surface area contributed by atoms with Crippen LogP contribution < -0.4 is 4.74 Å². The standard InChI is InChI=1S/C22H23ClN2O4S/c1-24(2)30(27,28)21-13-18(8-10-20(21)23)22(26)25(3)14-15-5-6-17-12-19(29-4)9-7-16(17)11-15/h5-13H,14H2,1-4H3. The Bertz CT molecular complexity index is 1210. The molecule has 0 aliphatic heterocycles. The second-order valence-corrected chi connectivity index (χ2v) is 9.67. The fourth-order valence-electron chi connectivity index (χ4n) is 3.10. The molecular formula is C22H23ClN2O4S. The predicted octanol–water partition coefficient (Wildman–Crippen LogP) is 4.02.